The molecular formula is C18H22N2O5S2. The molecule has 1 N–H and O–H groups in total. The fourth-order valence-electron chi connectivity index (χ4n) is 2.59. The smallest absolute Gasteiger partial charge is 0.350 e. The number of rotatable bonds is 7. The second-order valence-electron chi connectivity index (χ2n) is 5.69. The van der Waals surface area contributed by atoms with Gasteiger partial charge in [-0.25, -0.2) is 14.6 Å². The van der Waals surface area contributed by atoms with Crippen LogP contribution in [0.15, 0.2) is 0 Å². The van der Waals surface area contributed by atoms with E-state index in [1.165, 1.54) is 22.7 Å². The summed E-state index contributed by atoms with van der Waals surface area (Å²) in [6.45, 7) is 8.85. The highest BCUT2D eigenvalue weighted by Gasteiger charge is 2.24. The van der Waals surface area contributed by atoms with E-state index in [-0.39, 0.29) is 6.61 Å². The van der Waals surface area contributed by atoms with Crippen molar-refractivity contribution in [1.29, 1.82) is 0 Å². The third-order valence-corrected chi connectivity index (χ3v) is 5.83. The quantitative estimate of drug-likeness (QED) is 0.700. The summed E-state index contributed by atoms with van der Waals surface area (Å²) >= 11 is 2.53. The molecule has 0 saturated heterocycles. The number of aromatic nitrogens is 1. The molecule has 27 heavy (non-hydrogen) atoms. The summed E-state index contributed by atoms with van der Waals surface area (Å²) in [5.41, 5.74) is 1.80. The average Bonchev–Trinajstić information content (AvgIpc) is 3.10. The Kier molecular flexibility index (Phi) is 7.09. The number of nitrogens with zero attached hydrogens (tertiary/aromatic N) is 1. The van der Waals surface area contributed by atoms with Crippen LogP contribution < -0.4 is 5.32 Å². The van der Waals surface area contributed by atoms with Crippen LogP contribution in [0.1, 0.15) is 55.0 Å². The Labute approximate surface area is 165 Å². The van der Waals surface area contributed by atoms with E-state index in [1.807, 2.05) is 13.8 Å². The van der Waals surface area contributed by atoms with Crippen LogP contribution in [0, 0.1) is 20.8 Å². The fourth-order valence-corrected chi connectivity index (χ4v) is 4.55. The van der Waals surface area contributed by atoms with Gasteiger partial charge in [0.05, 0.1) is 22.9 Å². The Hall–Kier alpha value is -2.26. The first-order chi connectivity index (χ1) is 12.8. The number of hydrogen-bond donors (Lipinski definition) is 1. The van der Waals surface area contributed by atoms with Gasteiger partial charge in [-0.3, -0.25) is 4.79 Å². The highest BCUT2D eigenvalue weighted by molar-refractivity contribution is 7.16. The second-order valence-corrected chi connectivity index (χ2v) is 8.11. The molecule has 0 aliphatic rings. The monoisotopic (exact) mass is 410 g/mol. The maximum Gasteiger partial charge on any atom is 0.350 e. The number of amides is 1. The van der Waals surface area contributed by atoms with E-state index in [4.69, 9.17) is 9.47 Å². The molecule has 146 valence electrons. The van der Waals surface area contributed by atoms with Crippen LogP contribution in [-0.2, 0) is 20.7 Å². The Morgan fingerprint density at radius 3 is 2.30 bits per heavy atom. The molecule has 0 unspecified atom stereocenters. The molecule has 2 aromatic rings. The first-order valence-corrected chi connectivity index (χ1v) is 10.1. The molecule has 0 atom stereocenters. The van der Waals surface area contributed by atoms with Gasteiger partial charge >= 0.3 is 11.9 Å². The molecule has 2 rings (SSSR count). The number of thiazole rings is 1. The van der Waals surface area contributed by atoms with Crippen molar-refractivity contribution >= 4 is 45.5 Å². The van der Waals surface area contributed by atoms with Crippen LogP contribution in [0.4, 0.5) is 5.00 Å². The van der Waals surface area contributed by atoms with Crippen molar-refractivity contribution in [2.24, 2.45) is 0 Å². The van der Waals surface area contributed by atoms with E-state index in [1.54, 1.807) is 20.8 Å². The molecule has 0 bridgehead atoms. The van der Waals surface area contributed by atoms with Gasteiger partial charge in [0.1, 0.15) is 9.88 Å². The number of aryl methyl sites for hydroxylation is 3. The maximum atomic E-state index is 12.3. The van der Waals surface area contributed by atoms with Gasteiger partial charge in [0.25, 0.3) is 5.91 Å². The maximum absolute atomic E-state index is 12.3. The number of nitrogens with one attached hydrogen (secondary N) is 1. The number of ether oxygens (including phenoxy) is 2. The summed E-state index contributed by atoms with van der Waals surface area (Å²) in [6.07, 6.45) is 0.644. The van der Waals surface area contributed by atoms with E-state index >= 15 is 0 Å². The molecule has 0 saturated carbocycles. The summed E-state index contributed by atoms with van der Waals surface area (Å²) in [5.74, 6) is -1.58. The fraction of sp³-hybridized carbons (Fsp3) is 0.444. The van der Waals surface area contributed by atoms with Gasteiger partial charge in [-0.05, 0) is 39.7 Å². The Morgan fingerprint density at radius 1 is 1.04 bits per heavy atom. The van der Waals surface area contributed by atoms with Crippen molar-refractivity contribution in [3.05, 3.63) is 31.6 Å². The highest BCUT2D eigenvalue weighted by atomic mass is 32.1. The summed E-state index contributed by atoms with van der Waals surface area (Å²) in [7, 11) is 0. The van der Waals surface area contributed by atoms with Gasteiger partial charge in [0.15, 0.2) is 6.61 Å². The topological polar surface area (TPSA) is 94.6 Å². The van der Waals surface area contributed by atoms with Gasteiger partial charge in [0.2, 0.25) is 0 Å². The van der Waals surface area contributed by atoms with E-state index < -0.39 is 24.5 Å². The number of thiophene rings is 1. The summed E-state index contributed by atoms with van der Waals surface area (Å²) in [6, 6.07) is 0. The zero-order chi connectivity index (χ0) is 20.1. The normalized spacial score (nSPS) is 10.6. The zero-order valence-electron chi connectivity index (χ0n) is 15.9. The molecule has 0 radical (unpaired) electrons. The first kappa shape index (κ1) is 21.0. The van der Waals surface area contributed by atoms with Crippen molar-refractivity contribution in [2.45, 2.75) is 41.0 Å². The highest BCUT2D eigenvalue weighted by Crippen LogP contribution is 2.34. The van der Waals surface area contributed by atoms with Crippen molar-refractivity contribution in [3.63, 3.8) is 0 Å². The molecular weight excluding hydrogens is 388 g/mol. The third-order valence-electron chi connectivity index (χ3n) is 3.72. The molecule has 2 heterocycles. The largest absolute Gasteiger partial charge is 0.462 e. The molecule has 0 fully saturated rings. The summed E-state index contributed by atoms with van der Waals surface area (Å²) in [4.78, 5) is 42.1. The van der Waals surface area contributed by atoms with Gasteiger partial charge in [-0.2, -0.15) is 0 Å². The zero-order valence-corrected chi connectivity index (χ0v) is 17.6. The van der Waals surface area contributed by atoms with Crippen LogP contribution in [0.3, 0.4) is 0 Å². The lowest BCUT2D eigenvalue weighted by Gasteiger charge is -2.08. The van der Waals surface area contributed by atoms with E-state index in [9.17, 15) is 14.4 Å². The molecule has 7 nitrogen and oxygen atoms in total. The molecule has 0 aliphatic carbocycles. The Balaban J connectivity index is 2.08. The second kappa shape index (κ2) is 9.09. The van der Waals surface area contributed by atoms with Crippen LogP contribution in [-0.4, -0.2) is 36.0 Å². The van der Waals surface area contributed by atoms with Crippen LogP contribution in [0.5, 0.6) is 0 Å². The van der Waals surface area contributed by atoms with Gasteiger partial charge < -0.3 is 14.8 Å². The van der Waals surface area contributed by atoms with Crippen molar-refractivity contribution in [1.82, 2.24) is 4.98 Å². The lowest BCUT2D eigenvalue weighted by molar-refractivity contribution is -0.119. The van der Waals surface area contributed by atoms with Crippen LogP contribution in [0.2, 0.25) is 0 Å². The summed E-state index contributed by atoms with van der Waals surface area (Å²) in [5, 5.41) is 3.83. The lowest BCUT2D eigenvalue weighted by Crippen LogP contribution is -2.21. The molecule has 0 aromatic carbocycles. The number of carbonyl (C=O) groups is 3. The molecule has 2 aromatic heterocycles. The van der Waals surface area contributed by atoms with Gasteiger partial charge in [-0.1, -0.05) is 6.92 Å². The minimum Gasteiger partial charge on any atom is -0.462 e. The number of hydrogen-bond acceptors (Lipinski definition) is 8. The Bertz CT molecular complexity index is 869. The van der Waals surface area contributed by atoms with Gasteiger partial charge in [0, 0.05) is 4.88 Å². The molecule has 9 heteroatoms. The first-order valence-electron chi connectivity index (χ1n) is 8.48. The van der Waals surface area contributed by atoms with E-state index in [2.05, 4.69) is 10.3 Å². The van der Waals surface area contributed by atoms with Crippen LogP contribution >= 0.6 is 22.7 Å². The summed E-state index contributed by atoms with van der Waals surface area (Å²) < 4.78 is 10.2. The SMILES string of the molecule is CCOC(=O)c1c(NC(=O)COC(=O)c2sc(C)nc2C)sc(C)c1CC. The van der Waals surface area contributed by atoms with Crippen molar-refractivity contribution in [3.8, 4) is 0 Å². The molecule has 0 spiro atoms. The third kappa shape index (κ3) is 4.92. The molecule has 1 amide bonds. The Morgan fingerprint density at radius 2 is 1.74 bits per heavy atom. The lowest BCUT2D eigenvalue weighted by atomic mass is 10.1. The standard InChI is InChI=1S/C18H22N2O5S2/c1-6-12-10(4)26-16(14(12)17(22)24-7-2)20-13(21)8-25-18(23)15-9(3)19-11(5)27-15/h6-8H2,1-5H3,(H,20,21). The predicted octanol–water partition coefficient (Wildman–Crippen LogP) is 3.66. The van der Waals surface area contributed by atoms with E-state index in [0.29, 0.717) is 27.6 Å². The van der Waals surface area contributed by atoms with Gasteiger partial charge in [-0.15, -0.1) is 22.7 Å². The van der Waals surface area contributed by atoms with E-state index in [0.717, 1.165) is 15.4 Å². The van der Waals surface area contributed by atoms with Crippen molar-refractivity contribution in [2.75, 3.05) is 18.5 Å². The minimum atomic E-state index is -0.588. The van der Waals surface area contributed by atoms with Crippen molar-refractivity contribution < 1.29 is 23.9 Å². The number of carbonyl (C=O) groups excluding carboxylic acids is 3. The van der Waals surface area contributed by atoms with Crippen LogP contribution in [0.25, 0.3) is 0 Å². The number of esters is 2. The average molecular weight is 411 g/mol. The molecule has 0 aliphatic heterocycles. The predicted molar refractivity (Wildman–Crippen MR) is 105 cm³/mol. The number of anilines is 1. The minimum absolute atomic E-state index is 0.246.